The number of carbonyl (C=O) groups excluding carboxylic acids is 2. The summed E-state index contributed by atoms with van der Waals surface area (Å²) in [5.41, 5.74) is 2.73. The Morgan fingerprint density at radius 1 is 1.00 bits per heavy atom. The molecule has 2 N–H and O–H groups in total. The number of nitrogens with one attached hydrogen (secondary N) is 2. The summed E-state index contributed by atoms with van der Waals surface area (Å²) >= 11 is 0. The van der Waals surface area contributed by atoms with Gasteiger partial charge in [-0.25, -0.2) is 0 Å². The van der Waals surface area contributed by atoms with Crippen LogP contribution in [0.5, 0.6) is 0 Å². The molecule has 2 aromatic rings. The van der Waals surface area contributed by atoms with Crippen molar-refractivity contribution in [3.8, 4) is 6.07 Å². The lowest BCUT2D eigenvalue weighted by atomic mass is 10.1. The maximum Gasteiger partial charge on any atom is 0.313 e. The van der Waals surface area contributed by atoms with Gasteiger partial charge in [0.15, 0.2) is 0 Å². The maximum atomic E-state index is 12.2. The summed E-state index contributed by atoms with van der Waals surface area (Å²) in [7, 11) is 7.78. The number of hydrogen-bond acceptors (Lipinski definition) is 5. The van der Waals surface area contributed by atoms with E-state index in [1.807, 2.05) is 68.3 Å². The molecule has 0 radical (unpaired) electrons. The highest BCUT2D eigenvalue weighted by Crippen LogP contribution is 2.21. The lowest BCUT2D eigenvalue weighted by Crippen LogP contribution is -2.40. The summed E-state index contributed by atoms with van der Waals surface area (Å²) < 4.78 is 0. The Labute approximate surface area is 165 Å². The number of amides is 2. The number of para-hydroxylation sites is 1. The van der Waals surface area contributed by atoms with E-state index in [1.54, 1.807) is 24.3 Å². The highest BCUT2D eigenvalue weighted by Gasteiger charge is 2.19. The van der Waals surface area contributed by atoms with E-state index in [0.717, 1.165) is 11.3 Å². The molecule has 2 amide bonds. The molecule has 0 spiro atoms. The van der Waals surface area contributed by atoms with E-state index in [-0.39, 0.29) is 12.6 Å². The molecule has 1 atom stereocenters. The Balaban J connectivity index is 2.01. The first-order chi connectivity index (χ1) is 13.3. The van der Waals surface area contributed by atoms with Crippen molar-refractivity contribution < 1.29 is 9.59 Å². The average molecular weight is 379 g/mol. The Morgan fingerprint density at radius 3 is 2.21 bits per heavy atom. The molecule has 0 aliphatic rings. The normalized spacial score (nSPS) is 11.4. The molecule has 0 fully saturated rings. The van der Waals surface area contributed by atoms with E-state index in [2.05, 4.69) is 10.6 Å². The first-order valence-corrected chi connectivity index (χ1v) is 8.85. The van der Waals surface area contributed by atoms with Gasteiger partial charge in [-0.05, 0) is 43.9 Å². The third-order valence-electron chi connectivity index (χ3n) is 4.38. The molecule has 0 aliphatic carbocycles. The summed E-state index contributed by atoms with van der Waals surface area (Å²) in [4.78, 5) is 28.4. The van der Waals surface area contributed by atoms with Crippen molar-refractivity contribution in [2.45, 2.75) is 6.04 Å². The predicted molar refractivity (Wildman–Crippen MR) is 110 cm³/mol. The molecule has 2 rings (SSSR count). The Bertz CT molecular complexity index is 869. The second-order valence-corrected chi connectivity index (χ2v) is 6.79. The van der Waals surface area contributed by atoms with E-state index in [0.29, 0.717) is 11.3 Å². The van der Waals surface area contributed by atoms with Crippen LogP contribution in [0.4, 0.5) is 11.4 Å². The molecule has 0 heterocycles. The lowest BCUT2D eigenvalue weighted by Gasteiger charge is -2.25. The first kappa shape index (κ1) is 20.9. The largest absolute Gasteiger partial charge is 0.378 e. The van der Waals surface area contributed by atoms with Crippen molar-refractivity contribution in [3.63, 3.8) is 0 Å². The Morgan fingerprint density at radius 2 is 1.64 bits per heavy atom. The predicted octanol–water partition coefficient (Wildman–Crippen LogP) is 1.98. The molecule has 0 aliphatic heterocycles. The molecule has 146 valence electrons. The van der Waals surface area contributed by atoms with Gasteiger partial charge >= 0.3 is 11.8 Å². The van der Waals surface area contributed by atoms with Crippen LogP contribution < -0.4 is 15.5 Å². The number of rotatable bonds is 6. The van der Waals surface area contributed by atoms with Crippen LogP contribution in [-0.2, 0) is 9.59 Å². The fraction of sp³-hybridized carbons (Fsp3) is 0.286. The highest BCUT2D eigenvalue weighted by molar-refractivity contribution is 6.39. The average Bonchev–Trinajstić information content (AvgIpc) is 2.68. The van der Waals surface area contributed by atoms with E-state index < -0.39 is 11.8 Å². The standard InChI is InChI=1S/C21H25N5O2/c1-25(2)17-11-9-15(10-12-17)19(26(3)4)14-23-20(27)21(28)24-18-8-6-5-7-16(18)13-22/h5-12,19H,14H2,1-4H3,(H,23,27)(H,24,28)/t19-/m0/s1. The van der Waals surface area contributed by atoms with Gasteiger partial charge in [0.1, 0.15) is 6.07 Å². The maximum absolute atomic E-state index is 12.2. The van der Waals surface area contributed by atoms with E-state index in [4.69, 9.17) is 5.26 Å². The van der Waals surface area contributed by atoms with Gasteiger partial charge in [-0.1, -0.05) is 24.3 Å². The van der Waals surface area contributed by atoms with Gasteiger partial charge in [0, 0.05) is 26.3 Å². The zero-order valence-corrected chi connectivity index (χ0v) is 16.6. The number of nitriles is 1. The molecule has 28 heavy (non-hydrogen) atoms. The topological polar surface area (TPSA) is 88.5 Å². The van der Waals surface area contributed by atoms with Gasteiger partial charge in [-0.3, -0.25) is 9.59 Å². The molecule has 7 heteroatoms. The smallest absolute Gasteiger partial charge is 0.313 e. The van der Waals surface area contributed by atoms with Gasteiger partial charge < -0.3 is 20.4 Å². The van der Waals surface area contributed by atoms with Crippen molar-refractivity contribution in [2.75, 3.05) is 45.0 Å². The summed E-state index contributed by atoms with van der Waals surface area (Å²) in [5.74, 6) is -1.55. The van der Waals surface area contributed by atoms with Gasteiger partial charge in [-0.2, -0.15) is 5.26 Å². The number of nitrogens with zero attached hydrogens (tertiary/aromatic N) is 3. The molecule has 0 saturated carbocycles. The fourth-order valence-electron chi connectivity index (χ4n) is 2.73. The fourth-order valence-corrected chi connectivity index (χ4v) is 2.73. The van der Waals surface area contributed by atoms with Gasteiger partial charge in [-0.15, -0.1) is 0 Å². The van der Waals surface area contributed by atoms with Crippen LogP contribution in [-0.4, -0.2) is 51.4 Å². The molecule has 2 aromatic carbocycles. The number of benzene rings is 2. The van der Waals surface area contributed by atoms with Crippen LogP contribution in [0.1, 0.15) is 17.2 Å². The van der Waals surface area contributed by atoms with Crippen LogP contribution in [0, 0.1) is 11.3 Å². The molecular formula is C21H25N5O2. The quantitative estimate of drug-likeness (QED) is 0.750. The van der Waals surface area contributed by atoms with E-state index >= 15 is 0 Å². The number of hydrogen-bond donors (Lipinski definition) is 2. The lowest BCUT2D eigenvalue weighted by molar-refractivity contribution is -0.136. The van der Waals surface area contributed by atoms with Crippen LogP contribution in [0.25, 0.3) is 0 Å². The van der Waals surface area contributed by atoms with Crippen LogP contribution in [0.3, 0.4) is 0 Å². The third kappa shape index (κ3) is 5.32. The summed E-state index contributed by atoms with van der Waals surface area (Å²) in [6.45, 7) is 0.278. The SMILES string of the molecule is CN(C)c1ccc([C@H](CNC(=O)C(=O)Nc2ccccc2C#N)N(C)C)cc1. The second kappa shape index (κ2) is 9.53. The third-order valence-corrected chi connectivity index (χ3v) is 4.38. The zero-order valence-electron chi connectivity index (χ0n) is 16.6. The van der Waals surface area contributed by atoms with Crippen molar-refractivity contribution in [1.29, 1.82) is 5.26 Å². The minimum absolute atomic E-state index is 0.0839. The zero-order chi connectivity index (χ0) is 20.7. The second-order valence-electron chi connectivity index (χ2n) is 6.79. The van der Waals surface area contributed by atoms with Gasteiger partial charge in [0.25, 0.3) is 0 Å². The Kier molecular flexibility index (Phi) is 7.13. The molecule has 0 unspecified atom stereocenters. The minimum atomic E-state index is -0.803. The molecular weight excluding hydrogens is 354 g/mol. The molecule has 0 bridgehead atoms. The molecule has 7 nitrogen and oxygen atoms in total. The summed E-state index contributed by atoms with van der Waals surface area (Å²) in [6, 6.07) is 16.5. The monoisotopic (exact) mass is 379 g/mol. The van der Waals surface area contributed by atoms with Crippen molar-refractivity contribution in [1.82, 2.24) is 10.2 Å². The van der Waals surface area contributed by atoms with Gasteiger partial charge in [0.05, 0.1) is 17.3 Å². The minimum Gasteiger partial charge on any atom is -0.378 e. The van der Waals surface area contributed by atoms with E-state index in [1.165, 1.54) is 0 Å². The van der Waals surface area contributed by atoms with Gasteiger partial charge in [0.2, 0.25) is 0 Å². The Hall–Kier alpha value is -3.37. The molecule has 0 saturated heterocycles. The summed E-state index contributed by atoms with van der Waals surface area (Å²) in [5, 5.41) is 14.2. The van der Waals surface area contributed by atoms with Crippen molar-refractivity contribution in [3.05, 3.63) is 59.7 Å². The van der Waals surface area contributed by atoms with Crippen molar-refractivity contribution >= 4 is 23.2 Å². The number of anilines is 2. The van der Waals surface area contributed by atoms with Crippen molar-refractivity contribution in [2.24, 2.45) is 0 Å². The van der Waals surface area contributed by atoms with Crippen LogP contribution >= 0.6 is 0 Å². The van der Waals surface area contributed by atoms with E-state index in [9.17, 15) is 9.59 Å². The first-order valence-electron chi connectivity index (χ1n) is 8.85. The number of likely N-dealkylation sites (N-methyl/N-ethyl adjacent to an activating group) is 1. The van der Waals surface area contributed by atoms with Crippen LogP contribution in [0.15, 0.2) is 48.5 Å². The summed E-state index contributed by atoms with van der Waals surface area (Å²) in [6.07, 6.45) is 0. The highest BCUT2D eigenvalue weighted by atomic mass is 16.2. The van der Waals surface area contributed by atoms with Crippen LogP contribution in [0.2, 0.25) is 0 Å². The number of carbonyl (C=O) groups is 2. The molecule has 0 aromatic heterocycles.